The van der Waals surface area contributed by atoms with Crippen molar-refractivity contribution in [1.29, 1.82) is 0 Å². The van der Waals surface area contributed by atoms with Gasteiger partial charge in [-0.15, -0.1) is 0 Å². The van der Waals surface area contributed by atoms with E-state index in [0.29, 0.717) is 17.1 Å². The van der Waals surface area contributed by atoms with Gasteiger partial charge in [-0.2, -0.15) is 8.42 Å². The van der Waals surface area contributed by atoms with Gasteiger partial charge in [0.15, 0.2) is 0 Å². The third kappa shape index (κ3) is 16.6. The summed E-state index contributed by atoms with van der Waals surface area (Å²) in [5, 5.41) is 0. The van der Waals surface area contributed by atoms with Crippen LogP contribution in [-0.4, -0.2) is 63.5 Å². The minimum Gasteiger partial charge on any atom is -0.457 e. The van der Waals surface area contributed by atoms with Gasteiger partial charge in [-0.1, -0.05) is 71.9 Å². The second-order valence-corrected chi connectivity index (χ2v) is 16.3. The molecule has 15 heteroatoms. The Morgan fingerprint density at radius 3 is 1.78 bits per heavy atom. The topological polar surface area (TPSA) is 170 Å². The summed E-state index contributed by atoms with van der Waals surface area (Å²) in [7, 11) is -9.30. The van der Waals surface area contributed by atoms with Crippen LogP contribution in [0.2, 0.25) is 0 Å². The molecular weight excluding hydrogens is 631 g/mol. The fourth-order valence-corrected chi connectivity index (χ4v) is 6.77. The van der Waals surface area contributed by atoms with E-state index in [9.17, 15) is 27.1 Å². The molecule has 0 aliphatic heterocycles. The Balaban J connectivity index is 2.20. The average Bonchev–Trinajstić information content (AvgIpc) is 2.92. The van der Waals surface area contributed by atoms with Gasteiger partial charge in [0.1, 0.15) is 11.5 Å². The van der Waals surface area contributed by atoms with Crippen LogP contribution < -0.4 is 4.74 Å². The SMILES string of the molecule is CC(C)(C)COC(=O)OCOP(=O)(OCOC(=O)OCC(C)(C)C)[C@@H](CCc1cccc(Oc2ccccc2)c1)CS(=O)(=O)O. The summed E-state index contributed by atoms with van der Waals surface area (Å²) in [6, 6.07) is 16.0. The van der Waals surface area contributed by atoms with Crippen LogP contribution in [-0.2, 0) is 49.1 Å². The van der Waals surface area contributed by atoms with Crippen LogP contribution in [0.4, 0.5) is 9.59 Å². The Hall–Kier alpha value is -3.16. The molecular formula is C30H43O13PS. The molecule has 252 valence electrons. The van der Waals surface area contributed by atoms with E-state index in [1.807, 2.05) is 59.7 Å². The Labute approximate surface area is 264 Å². The van der Waals surface area contributed by atoms with Crippen LogP contribution in [0, 0.1) is 10.8 Å². The van der Waals surface area contributed by atoms with Crippen molar-refractivity contribution >= 4 is 30.0 Å². The van der Waals surface area contributed by atoms with E-state index in [4.69, 9.17) is 32.7 Å². The van der Waals surface area contributed by atoms with Crippen LogP contribution in [0.1, 0.15) is 53.5 Å². The normalized spacial score (nSPS) is 13.0. The number of hydrogen-bond donors (Lipinski definition) is 1. The van der Waals surface area contributed by atoms with E-state index in [1.165, 1.54) is 0 Å². The molecule has 1 atom stereocenters. The highest BCUT2D eigenvalue weighted by Gasteiger charge is 2.40. The molecule has 0 spiro atoms. The molecule has 0 aromatic heterocycles. The average molecular weight is 675 g/mol. The Morgan fingerprint density at radius 1 is 0.778 bits per heavy atom. The molecule has 0 unspecified atom stereocenters. The molecule has 1 N–H and O–H groups in total. The summed E-state index contributed by atoms with van der Waals surface area (Å²) in [5.41, 5.74) is -1.52. The molecule has 2 aromatic rings. The number of rotatable bonds is 16. The second kappa shape index (κ2) is 17.0. The largest absolute Gasteiger partial charge is 0.510 e. The predicted octanol–water partition coefficient (Wildman–Crippen LogP) is 7.21. The van der Waals surface area contributed by atoms with Crippen LogP contribution in [0.5, 0.6) is 11.5 Å². The molecule has 0 aliphatic carbocycles. The van der Waals surface area contributed by atoms with E-state index in [-0.39, 0.29) is 36.9 Å². The van der Waals surface area contributed by atoms with Crippen molar-refractivity contribution in [2.75, 3.05) is 32.6 Å². The zero-order chi connectivity index (χ0) is 33.7. The smallest absolute Gasteiger partial charge is 0.457 e. The highest BCUT2D eigenvalue weighted by Crippen LogP contribution is 2.55. The van der Waals surface area contributed by atoms with Gasteiger partial charge in [-0.3, -0.25) is 18.2 Å². The van der Waals surface area contributed by atoms with Gasteiger partial charge in [0.25, 0.3) is 10.1 Å². The first-order valence-corrected chi connectivity index (χ1v) is 17.3. The quantitative estimate of drug-likeness (QED) is 0.0821. The van der Waals surface area contributed by atoms with Gasteiger partial charge in [0, 0.05) is 0 Å². The lowest BCUT2D eigenvalue weighted by Crippen LogP contribution is -2.26. The molecule has 0 heterocycles. The Morgan fingerprint density at radius 2 is 1.29 bits per heavy atom. The molecule has 45 heavy (non-hydrogen) atoms. The summed E-state index contributed by atoms with van der Waals surface area (Å²) in [5.74, 6) is 0.0743. The van der Waals surface area contributed by atoms with Gasteiger partial charge in [-0.25, -0.2) is 9.59 Å². The van der Waals surface area contributed by atoms with Crippen molar-refractivity contribution < 1.29 is 59.9 Å². The molecule has 0 saturated carbocycles. The number of hydrogen-bond acceptors (Lipinski definition) is 12. The minimum atomic E-state index is -4.71. The lowest BCUT2D eigenvalue weighted by Gasteiger charge is -2.26. The van der Waals surface area contributed by atoms with Gasteiger partial charge in [0.2, 0.25) is 13.6 Å². The van der Waals surface area contributed by atoms with E-state index in [0.717, 1.165) is 0 Å². The number of benzene rings is 2. The highest BCUT2D eigenvalue weighted by atomic mass is 32.2. The Bertz CT molecular complexity index is 1340. The molecule has 0 bridgehead atoms. The standard InChI is InChI=1S/C30H43O13PS/c1-29(2,3)19-37-27(31)39-21-41-44(33,42-22-40-28(32)38-20-30(4,5)6)26(18-45(34,35)36)16-15-23-11-10-14-25(17-23)43-24-12-8-7-9-13-24/h7-14,17,26H,15-16,18-22H2,1-6H3,(H,34,35,36)/t26-/m0/s1. The summed E-state index contributed by atoms with van der Waals surface area (Å²) in [6.07, 6.45) is -2.25. The van der Waals surface area contributed by atoms with Crippen molar-refractivity contribution in [2.45, 2.75) is 60.0 Å². The van der Waals surface area contributed by atoms with E-state index < -0.39 is 55.0 Å². The summed E-state index contributed by atoms with van der Waals surface area (Å²) >= 11 is 0. The monoisotopic (exact) mass is 674 g/mol. The molecule has 0 radical (unpaired) electrons. The van der Waals surface area contributed by atoms with Gasteiger partial charge in [0.05, 0.1) is 24.6 Å². The third-order valence-electron chi connectivity index (χ3n) is 5.56. The molecule has 0 saturated heterocycles. The minimum absolute atomic E-state index is 0.0168. The number of carbonyl (C=O) groups excluding carboxylic acids is 2. The van der Waals surface area contributed by atoms with Gasteiger partial charge < -0.3 is 23.7 Å². The van der Waals surface area contributed by atoms with E-state index in [1.54, 1.807) is 36.4 Å². The zero-order valence-corrected chi connectivity index (χ0v) is 28.1. The van der Waals surface area contributed by atoms with Crippen molar-refractivity contribution in [2.24, 2.45) is 10.8 Å². The summed E-state index contributed by atoms with van der Waals surface area (Å²) < 4.78 is 83.8. The van der Waals surface area contributed by atoms with Crippen LogP contribution in [0.15, 0.2) is 54.6 Å². The summed E-state index contributed by atoms with van der Waals surface area (Å²) in [4.78, 5) is 24.0. The first-order valence-electron chi connectivity index (χ1n) is 14.1. The molecule has 13 nitrogen and oxygen atoms in total. The number of carbonyl (C=O) groups is 2. The van der Waals surface area contributed by atoms with Crippen molar-refractivity contribution in [1.82, 2.24) is 0 Å². The maximum Gasteiger partial charge on any atom is 0.510 e. The number of ether oxygens (including phenoxy) is 5. The fraction of sp³-hybridized carbons (Fsp3) is 0.533. The van der Waals surface area contributed by atoms with Crippen molar-refractivity contribution in [3.63, 3.8) is 0 Å². The maximum atomic E-state index is 14.0. The zero-order valence-electron chi connectivity index (χ0n) is 26.4. The van der Waals surface area contributed by atoms with Crippen molar-refractivity contribution in [3.05, 3.63) is 60.2 Å². The maximum absolute atomic E-state index is 14.0. The Kier molecular flexibility index (Phi) is 14.3. The first-order chi connectivity index (χ1) is 20.8. The van der Waals surface area contributed by atoms with Gasteiger partial charge >= 0.3 is 19.9 Å². The van der Waals surface area contributed by atoms with Crippen molar-refractivity contribution in [3.8, 4) is 11.5 Å². The molecule has 2 rings (SSSR count). The lowest BCUT2D eigenvalue weighted by atomic mass is 9.99. The summed E-state index contributed by atoms with van der Waals surface area (Å²) in [6.45, 7) is 9.11. The third-order valence-corrected chi connectivity index (χ3v) is 8.90. The molecule has 2 aromatic carbocycles. The number of para-hydroxylation sites is 1. The molecule has 0 amide bonds. The van der Waals surface area contributed by atoms with E-state index in [2.05, 4.69) is 0 Å². The lowest BCUT2D eigenvalue weighted by molar-refractivity contribution is -0.0310. The van der Waals surface area contributed by atoms with Crippen LogP contribution in [0.25, 0.3) is 0 Å². The van der Waals surface area contributed by atoms with Crippen LogP contribution in [0.3, 0.4) is 0 Å². The number of aryl methyl sites for hydroxylation is 1. The van der Waals surface area contributed by atoms with Crippen LogP contribution >= 0.6 is 7.60 Å². The van der Waals surface area contributed by atoms with Gasteiger partial charge in [-0.05, 0) is 53.5 Å². The predicted molar refractivity (Wildman–Crippen MR) is 165 cm³/mol. The highest BCUT2D eigenvalue weighted by molar-refractivity contribution is 7.86. The second-order valence-electron chi connectivity index (χ2n) is 12.5. The molecule has 0 aliphatic rings. The van der Waals surface area contributed by atoms with E-state index >= 15 is 0 Å². The first kappa shape index (κ1) is 38.0. The molecule has 0 fully saturated rings. The fourth-order valence-electron chi connectivity index (χ4n) is 3.48.